The SMILES string of the molecule is COCCN1CCC12CCN(C(=O)C1CCCC1)C2. The Bertz CT molecular complexity index is 341. The number of hydrogen-bond acceptors (Lipinski definition) is 3. The molecule has 3 fully saturated rings. The van der Waals surface area contributed by atoms with Crippen molar-refractivity contribution in [1.82, 2.24) is 9.80 Å². The van der Waals surface area contributed by atoms with Gasteiger partial charge in [-0.15, -0.1) is 0 Å². The van der Waals surface area contributed by atoms with E-state index in [4.69, 9.17) is 4.74 Å². The zero-order valence-corrected chi connectivity index (χ0v) is 12.1. The van der Waals surface area contributed by atoms with Gasteiger partial charge in [-0.1, -0.05) is 12.8 Å². The first-order valence-electron chi connectivity index (χ1n) is 7.78. The maximum Gasteiger partial charge on any atom is 0.225 e. The van der Waals surface area contributed by atoms with Gasteiger partial charge in [0.1, 0.15) is 0 Å². The first-order chi connectivity index (χ1) is 9.25. The van der Waals surface area contributed by atoms with E-state index in [1.165, 1.54) is 25.8 Å². The fraction of sp³-hybridized carbons (Fsp3) is 0.933. The van der Waals surface area contributed by atoms with Crippen molar-refractivity contribution in [2.45, 2.75) is 44.1 Å². The topological polar surface area (TPSA) is 32.8 Å². The summed E-state index contributed by atoms with van der Waals surface area (Å²) in [6.45, 7) is 4.93. The van der Waals surface area contributed by atoms with Crippen LogP contribution in [0.1, 0.15) is 38.5 Å². The summed E-state index contributed by atoms with van der Waals surface area (Å²) in [7, 11) is 1.76. The summed E-state index contributed by atoms with van der Waals surface area (Å²) in [5.41, 5.74) is 0.298. The van der Waals surface area contributed by atoms with Crippen LogP contribution in [0.3, 0.4) is 0 Å². The van der Waals surface area contributed by atoms with Gasteiger partial charge in [-0.2, -0.15) is 0 Å². The molecule has 4 nitrogen and oxygen atoms in total. The number of carbonyl (C=O) groups excluding carboxylic acids is 1. The van der Waals surface area contributed by atoms with E-state index in [9.17, 15) is 4.79 Å². The minimum atomic E-state index is 0.298. The Morgan fingerprint density at radius 2 is 2.00 bits per heavy atom. The number of ether oxygens (including phenoxy) is 1. The molecule has 2 heterocycles. The van der Waals surface area contributed by atoms with E-state index in [-0.39, 0.29) is 0 Å². The van der Waals surface area contributed by atoms with E-state index in [0.717, 1.165) is 45.5 Å². The molecular weight excluding hydrogens is 240 g/mol. The molecule has 0 aromatic rings. The van der Waals surface area contributed by atoms with Crippen molar-refractivity contribution in [2.75, 3.05) is 39.9 Å². The molecule has 4 heteroatoms. The first-order valence-corrected chi connectivity index (χ1v) is 7.78. The summed E-state index contributed by atoms with van der Waals surface area (Å²) >= 11 is 0. The monoisotopic (exact) mass is 266 g/mol. The lowest BCUT2D eigenvalue weighted by Gasteiger charge is -2.50. The Morgan fingerprint density at radius 3 is 2.63 bits per heavy atom. The van der Waals surface area contributed by atoms with Gasteiger partial charge in [-0.3, -0.25) is 9.69 Å². The highest BCUT2D eigenvalue weighted by molar-refractivity contribution is 5.79. The van der Waals surface area contributed by atoms with E-state index >= 15 is 0 Å². The van der Waals surface area contributed by atoms with E-state index < -0.39 is 0 Å². The van der Waals surface area contributed by atoms with E-state index in [1.807, 2.05) is 0 Å². The van der Waals surface area contributed by atoms with Crippen LogP contribution in [0.15, 0.2) is 0 Å². The second-order valence-corrected chi connectivity index (χ2v) is 6.45. The van der Waals surface area contributed by atoms with Gasteiger partial charge < -0.3 is 9.64 Å². The molecule has 108 valence electrons. The Hall–Kier alpha value is -0.610. The molecule has 0 aromatic carbocycles. The van der Waals surface area contributed by atoms with Crippen LogP contribution in [0.25, 0.3) is 0 Å². The van der Waals surface area contributed by atoms with Crippen molar-refractivity contribution in [3.05, 3.63) is 0 Å². The quantitative estimate of drug-likeness (QED) is 0.773. The summed E-state index contributed by atoms with van der Waals surface area (Å²) in [4.78, 5) is 17.2. The summed E-state index contributed by atoms with van der Waals surface area (Å²) in [6.07, 6.45) is 7.15. The van der Waals surface area contributed by atoms with Crippen molar-refractivity contribution in [3.8, 4) is 0 Å². The molecule has 2 saturated heterocycles. The van der Waals surface area contributed by atoms with Gasteiger partial charge in [-0.25, -0.2) is 0 Å². The fourth-order valence-electron chi connectivity index (χ4n) is 4.07. The lowest BCUT2D eigenvalue weighted by Crippen LogP contribution is -2.62. The minimum absolute atomic E-state index is 0.298. The van der Waals surface area contributed by atoms with Crippen LogP contribution in [0.4, 0.5) is 0 Å². The molecule has 0 radical (unpaired) electrons. The number of rotatable bonds is 4. The average molecular weight is 266 g/mol. The van der Waals surface area contributed by atoms with Gasteiger partial charge in [-0.05, 0) is 25.7 Å². The number of methoxy groups -OCH3 is 1. The fourth-order valence-corrected chi connectivity index (χ4v) is 4.07. The third-order valence-corrected chi connectivity index (χ3v) is 5.43. The van der Waals surface area contributed by atoms with Gasteiger partial charge in [0.15, 0.2) is 0 Å². The van der Waals surface area contributed by atoms with Crippen molar-refractivity contribution < 1.29 is 9.53 Å². The second-order valence-electron chi connectivity index (χ2n) is 6.45. The zero-order valence-electron chi connectivity index (χ0n) is 12.1. The van der Waals surface area contributed by atoms with Crippen molar-refractivity contribution in [3.63, 3.8) is 0 Å². The molecule has 1 aliphatic carbocycles. The lowest BCUT2D eigenvalue weighted by molar-refractivity contribution is -0.135. The first kappa shape index (κ1) is 13.4. The molecule has 3 rings (SSSR count). The van der Waals surface area contributed by atoms with Crippen molar-refractivity contribution in [1.29, 1.82) is 0 Å². The van der Waals surface area contributed by atoms with Crippen LogP contribution in [0, 0.1) is 5.92 Å². The molecule has 1 atom stereocenters. The number of likely N-dealkylation sites (tertiary alicyclic amines) is 2. The largest absolute Gasteiger partial charge is 0.383 e. The molecule has 0 bridgehead atoms. The number of hydrogen-bond donors (Lipinski definition) is 0. The Labute approximate surface area is 116 Å². The molecule has 19 heavy (non-hydrogen) atoms. The molecule has 2 aliphatic heterocycles. The van der Waals surface area contributed by atoms with Crippen LogP contribution < -0.4 is 0 Å². The van der Waals surface area contributed by atoms with E-state index in [1.54, 1.807) is 7.11 Å². The number of nitrogens with zero attached hydrogens (tertiary/aromatic N) is 2. The number of amides is 1. The minimum Gasteiger partial charge on any atom is -0.383 e. The van der Waals surface area contributed by atoms with Crippen molar-refractivity contribution >= 4 is 5.91 Å². The Morgan fingerprint density at radius 1 is 1.26 bits per heavy atom. The van der Waals surface area contributed by atoms with Crippen LogP contribution >= 0.6 is 0 Å². The second kappa shape index (κ2) is 5.41. The highest BCUT2D eigenvalue weighted by Crippen LogP contribution is 2.40. The highest BCUT2D eigenvalue weighted by atomic mass is 16.5. The molecule has 1 unspecified atom stereocenters. The summed E-state index contributed by atoms with van der Waals surface area (Å²) in [5, 5.41) is 0. The lowest BCUT2D eigenvalue weighted by atomic mass is 9.84. The van der Waals surface area contributed by atoms with E-state index in [0.29, 0.717) is 17.4 Å². The van der Waals surface area contributed by atoms with Crippen LogP contribution in [-0.2, 0) is 9.53 Å². The smallest absolute Gasteiger partial charge is 0.225 e. The third kappa shape index (κ3) is 2.40. The summed E-state index contributed by atoms with van der Waals surface area (Å²) in [6, 6.07) is 0. The predicted molar refractivity (Wildman–Crippen MR) is 74.0 cm³/mol. The molecule has 3 aliphatic rings. The number of carbonyl (C=O) groups is 1. The molecule has 1 spiro atoms. The van der Waals surface area contributed by atoms with Crippen LogP contribution in [0.5, 0.6) is 0 Å². The molecule has 0 aromatic heterocycles. The maximum atomic E-state index is 12.5. The van der Waals surface area contributed by atoms with E-state index in [2.05, 4.69) is 9.80 Å². The van der Waals surface area contributed by atoms with Gasteiger partial charge in [0.2, 0.25) is 5.91 Å². The van der Waals surface area contributed by atoms with Gasteiger partial charge in [0, 0.05) is 44.7 Å². The molecule has 1 saturated carbocycles. The molecule has 1 amide bonds. The zero-order chi connectivity index (χ0) is 13.3. The van der Waals surface area contributed by atoms with Gasteiger partial charge in [0.25, 0.3) is 0 Å². The Balaban J connectivity index is 1.56. The van der Waals surface area contributed by atoms with Crippen LogP contribution in [-0.4, -0.2) is 61.1 Å². The Kier molecular flexibility index (Phi) is 3.81. The summed E-state index contributed by atoms with van der Waals surface area (Å²) < 4.78 is 5.18. The standard InChI is InChI=1S/C15H26N2O2/c1-19-11-10-17-9-7-15(17)6-8-16(12-15)14(18)13-4-2-3-5-13/h13H,2-12H2,1H3. The third-order valence-electron chi connectivity index (χ3n) is 5.43. The highest BCUT2D eigenvalue weighted by Gasteiger charge is 2.50. The molecular formula is C15H26N2O2. The van der Waals surface area contributed by atoms with Crippen LogP contribution in [0.2, 0.25) is 0 Å². The van der Waals surface area contributed by atoms with Gasteiger partial charge >= 0.3 is 0 Å². The maximum absolute atomic E-state index is 12.5. The van der Waals surface area contributed by atoms with Crippen molar-refractivity contribution in [2.24, 2.45) is 5.92 Å². The average Bonchev–Trinajstić information content (AvgIpc) is 3.08. The van der Waals surface area contributed by atoms with Gasteiger partial charge in [0.05, 0.1) is 6.61 Å². The molecule has 0 N–H and O–H groups in total. The predicted octanol–water partition coefficient (Wildman–Crippen LogP) is 1.50. The normalized spacial score (nSPS) is 32.2. The summed E-state index contributed by atoms with van der Waals surface area (Å²) in [5.74, 6) is 0.774.